The summed E-state index contributed by atoms with van der Waals surface area (Å²) in [6, 6.07) is 15.5. The van der Waals surface area contributed by atoms with Crippen molar-refractivity contribution < 1.29 is 9.53 Å². The number of carbonyl (C=O) groups is 1. The van der Waals surface area contributed by atoms with Crippen LogP contribution in [0.4, 0.5) is 5.69 Å². The lowest BCUT2D eigenvalue weighted by molar-refractivity contribution is -0.118. The fraction of sp³-hybridized carbons (Fsp3) is 0.278. The number of rotatable bonds is 4. The first-order valence-electron chi connectivity index (χ1n) is 7.30. The number of anilines is 1. The molecule has 108 valence electrons. The molecule has 2 N–H and O–H groups in total. The van der Waals surface area contributed by atoms with Gasteiger partial charge in [0, 0.05) is 18.5 Å². The van der Waals surface area contributed by atoms with Crippen LogP contribution in [0.5, 0.6) is 5.75 Å². The zero-order valence-corrected chi connectivity index (χ0v) is 11.9. The summed E-state index contributed by atoms with van der Waals surface area (Å²) >= 11 is 0. The lowest BCUT2D eigenvalue weighted by Gasteiger charge is -2.25. The van der Waals surface area contributed by atoms with Crippen LogP contribution >= 0.6 is 0 Å². The van der Waals surface area contributed by atoms with Gasteiger partial charge in [0.25, 0.3) is 0 Å². The van der Waals surface area contributed by atoms with Gasteiger partial charge in [0.1, 0.15) is 11.5 Å². The highest BCUT2D eigenvalue weighted by Gasteiger charge is 2.23. The van der Waals surface area contributed by atoms with Crippen LogP contribution in [-0.2, 0) is 11.2 Å². The molecule has 1 unspecified atom stereocenters. The molecule has 0 fully saturated rings. The Bertz CT molecular complexity index is 634. The average Bonchev–Trinajstić information content (AvgIpc) is 2.50. The van der Waals surface area contributed by atoms with Crippen molar-refractivity contribution in [1.29, 1.82) is 0 Å². The van der Waals surface area contributed by atoms with Gasteiger partial charge in [0.05, 0.1) is 6.61 Å². The van der Waals surface area contributed by atoms with Gasteiger partial charge in [-0.1, -0.05) is 30.3 Å². The van der Waals surface area contributed by atoms with E-state index in [4.69, 9.17) is 10.5 Å². The van der Waals surface area contributed by atoms with E-state index in [9.17, 15) is 4.79 Å². The lowest BCUT2D eigenvalue weighted by atomic mass is 9.87. The number of benzene rings is 2. The first-order chi connectivity index (χ1) is 10.2. The number of para-hydroxylation sites is 1. The largest absolute Gasteiger partial charge is 0.493 e. The minimum atomic E-state index is 0.265. The third-order valence-corrected chi connectivity index (χ3v) is 3.94. The minimum absolute atomic E-state index is 0.265. The van der Waals surface area contributed by atoms with Crippen LogP contribution in [0.25, 0.3) is 0 Å². The SMILES string of the molecule is Nc1ccc(CC(=O)CC2CCOc3ccccc32)cc1. The fourth-order valence-corrected chi connectivity index (χ4v) is 2.84. The average molecular weight is 281 g/mol. The van der Waals surface area contributed by atoms with Crippen molar-refractivity contribution in [2.24, 2.45) is 0 Å². The van der Waals surface area contributed by atoms with Crippen LogP contribution in [0.3, 0.4) is 0 Å². The van der Waals surface area contributed by atoms with Gasteiger partial charge >= 0.3 is 0 Å². The zero-order valence-electron chi connectivity index (χ0n) is 11.9. The molecule has 0 spiro atoms. The summed E-state index contributed by atoms with van der Waals surface area (Å²) in [4.78, 5) is 12.3. The van der Waals surface area contributed by atoms with Crippen molar-refractivity contribution in [2.45, 2.75) is 25.2 Å². The number of nitrogens with two attached hydrogens (primary N) is 1. The van der Waals surface area contributed by atoms with E-state index in [2.05, 4.69) is 6.07 Å². The molecule has 3 heteroatoms. The predicted molar refractivity (Wildman–Crippen MR) is 83.5 cm³/mol. The van der Waals surface area contributed by atoms with Crippen molar-refractivity contribution in [3.8, 4) is 5.75 Å². The van der Waals surface area contributed by atoms with Crippen LogP contribution in [-0.4, -0.2) is 12.4 Å². The standard InChI is InChI=1S/C18H19NO2/c19-15-7-5-13(6-8-15)11-16(20)12-14-9-10-21-18-4-2-1-3-17(14)18/h1-8,14H,9-12,19H2. The second kappa shape index (κ2) is 6.00. The lowest BCUT2D eigenvalue weighted by Crippen LogP contribution is -2.17. The highest BCUT2D eigenvalue weighted by molar-refractivity contribution is 5.82. The zero-order chi connectivity index (χ0) is 14.7. The van der Waals surface area contributed by atoms with E-state index in [1.165, 1.54) is 0 Å². The Morgan fingerprint density at radius 3 is 2.71 bits per heavy atom. The topological polar surface area (TPSA) is 52.3 Å². The summed E-state index contributed by atoms with van der Waals surface area (Å²) in [5, 5.41) is 0. The molecule has 1 atom stereocenters. The van der Waals surface area contributed by atoms with Gasteiger partial charge in [-0.15, -0.1) is 0 Å². The van der Waals surface area contributed by atoms with Crippen LogP contribution < -0.4 is 10.5 Å². The van der Waals surface area contributed by atoms with E-state index < -0.39 is 0 Å². The van der Waals surface area contributed by atoms with E-state index in [-0.39, 0.29) is 11.7 Å². The van der Waals surface area contributed by atoms with Crippen LogP contribution in [0, 0.1) is 0 Å². The van der Waals surface area contributed by atoms with Crippen LogP contribution in [0.1, 0.15) is 29.9 Å². The van der Waals surface area contributed by atoms with Crippen molar-refractivity contribution in [2.75, 3.05) is 12.3 Å². The van der Waals surface area contributed by atoms with E-state index in [1.54, 1.807) is 0 Å². The van der Waals surface area contributed by atoms with Gasteiger partial charge in [-0.25, -0.2) is 0 Å². The molecule has 0 saturated heterocycles. The molecule has 1 aliphatic rings. The third kappa shape index (κ3) is 3.24. The summed E-state index contributed by atoms with van der Waals surface area (Å²) in [6.45, 7) is 0.691. The molecule has 2 aromatic rings. The Labute approximate surface area is 124 Å². The molecule has 3 rings (SSSR count). The fourth-order valence-electron chi connectivity index (χ4n) is 2.84. The van der Waals surface area contributed by atoms with Crippen LogP contribution in [0.15, 0.2) is 48.5 Å². The Balaban J connectivity index is 1.67. The molecule has 1 aliphatic heterocycles. The molecule has 0 aromatic heterocycles. The molecule has 3 nitrogen and oxygen atoms in total. The molecular formula is C18H19NO2. The number of nitrogen functional groups attached to an aromatic ring is 1. The molecule has 0 radical (unpaired) electrons. The van der Waals surface area contributed by atoms with Crippen molar-refractivity contribution in [3.63, 3.8) is 0 Å². The highest BCUT2D eigenvalue weighted by atomic mass is 16.5. The number of hydrogen-bond donors (Lipinski definition) is 1. The molecule has 0 saturated carbocycles. The molecule has 0 bridgehead atoms. The second-order valence-electron chi connectivity index (χ2n) is 5.53. The normalized spacial score (nSPS) is 16.9. The maximum Gasteiger partial charge on any atom is 0.137 e. The molecular weight excluding hydrogens is 262 g/mol. The number of ether oxygens (including phenoxy) is 1. The molecule has 21 heavy (non-hydrogen) atoms. The monoisotopic (exact) mass is 281 g/mol. The maximum absolute atomic E-state index is 12.3. The molecule has 1 heterocycles. The first kappa shape index (κ1) is 13.7. The van der Waals surface area contributed by atoms with Gasteiger partial charge in [-0.3, -0.25) is 4.79 Å². The van der Waals surface area contributed by atoms with E-state index in [1.807, 2.05) is 42.5 Å². The summed E-state index contributed by atoms with van der Waals surface area (Å²) in [7, 11) is 0. The smallest absolute Gasteiger partial charge is 0.137 e. The summed E-state index contributed by atoms with van der Waals surface area (Å²) in [5.74, 6) is 1.46. The number of carbonyl (C=O) groups excluding carboxylic acids is 1. The number of hydrogen-bond acceptors (Lipinski definition) is 3. The van der Waals surface area contributed by atoms with Gasteiger partial charge in [-0.05, 0) is 41.7 Å². The van der Waals surface area contributed by atoms with Crippen molar-refractivity contribution in [1.82, 2.24) is 0 Å². The van der Waals surface area contributed by atoms with E-state index >= 15 is 0 Å². The van der Waals surface area contributed by atoms with Crippen LogP contribution in [0.2, 0.25) is 0 Å². The van der Waals surface area contributed by atoms with E-state index in [0.29, 0.717) is 19.4 Å². The van der Waals surface area contributed by atoms with E-state index in [0.717, 1.165) is 29.0 Å². The summed E-state index contributed by atoms with van der Waals surface area (Å²) in [5.41, 5.74) is 8.57. The summed E-state index contributed by atoms with van der Waals surface area (Å²) in [6.07, 6.45) is 1.95. The predicted octanol–water partition coefficient (Wildman–Crippen LogP) is 3.34. The van der Waals surface area contributed by atoms with Gasteiger partial charge in [0.2, 0.25) is 0 Å². The Hall–Kier alpha value is -2.29. The van der Waals surface area contributed by atoms with Crippen molar-refractivity contribution in [3.05, 3.63) is 59.7 Å². The Kier molecular flexibility index (Phi) is 3.91. The highest BCUT2D eigenvalue weighted by Crippen LogP contribution is 2.35. The first-order valence-corrected chi connectivity index (χ1v) is 7.30. The Morgan fingerprint density at radius 2 is 1.90 bits per heavy atom. The molecule has 0 amide bonds. The maximum atomic E-state index is 12.3. The second-order valence-corrected chi connectivity index (χ2v) is 5.53. The van der Waals surface area contributed by atoms with Crippen molar-refractivity contribution >= 4 is 11.5 Å². The summed E-state index contributed by atoms with van der Waals surface area (Å²) < 4.78 is 5.64. The number of ketones is 1. The molecule has 0 aliphatic carbocycles. The minimum Gasteiger partial charge on any atom is -0.493 e. The quantitative estimate of drug-likeness (QED) is 0.874. The third-order valence-electron chi connectivity index (χ3n) is 3.94. The van der Waals surface area contributed by atoms with Gasteiger partial charge in [0.15, 0.2) is 0 Å². The van der Waals surface area contributed by atoms with Gasteiger partial charge in [-0.2, -0.15) is 0 Å². The number of Topliss-reactive ketones (excluding diaryl/α,β-unsaturated/α-hetero) is 1. The Morgan fingerprint density at radius 1 is 1.14 bits per heavy atom. The number of fused-ring (bicyclic) bond motifs is 1. The molecule has 2 aromatic carbocycles. The van der Waals surface area contributed by atoms with Gasteiger partial charge < -0.3 is 10.5 Å².